The average Bonchev–Trinajstić information content (AvgIpc) is 1.94. The maximum absolute atomic E-state index is 10.6. The van der Waals surface area contributed by atoms with Crippen molar-refractivity contribution in [1.82, 2.24) is 0 Å². The first-order valence-corrected chi connectivity index (χ1v) is 3.42. The monoisotopic (exact) mass is 230 g/mol. The van der Waals surface area contributed by atoms with E-state index in [1.54, 1.807) is 12.1 Å². The molecule has 1 aromatic rings. The van der Waals surface area contributed by atoms with E-state index in [2.05, 4.69) is 0 Å². The van der Waals surface area contributed by atoms with Crippen LogP contribution in [0, 0.1) is 13.8 Å². The molecule has 0 amide bonds. The van der Waals surface area contributed by atoms with Crippen molar-refractivity contribution in [2.75, 3.05) is 0 Å². The Labute approximate surface area is 82.0 Å². The highest BCUT2D eigenvalue weighted by Crippen LogP contribution is 2.11. The minimum atomic E-state index is -0.855. The standard InChI is InChI=1S/C9H10O2.BrH/c1-6-4-3-5-8(7(6)2)9(10)11;/h3-5H,1-2H3,(H,10,11);1H. The Kier molecular flexibility index (Phi) is 3.96. The van der Waals surface area contributed by atoms with Gasteiger partial charge in [-0.25, -0.2) is 4.79 Å². The van der Waals surface area contributed by atoms with Crippen molar-refractivity contribution in [2.24, 2.45) is 0 Å². The van der Waals surface area contributed by atoms with Gasteiger partial charge in [0.15, 0.2) is 0 Å². The lowest BCUT2D eigenvalue weighted by Gasteiger charge is -2.02. The summed E-state index contributed by atoms with van der Waals surface area (Å²) < 4.78 is 0. The lowest BCUT2D eigenvalue weighted by atomic mass is 10.0. The number of rotatable bonds is 1. The molecule has 1 aromatic carbocycles. The molecule has 3 heteroatoms. The molecular formula is C9H11BrO2. The summed E-state index contributed by atoms with van der Waals surface area (Å²) in [5, 5.41) is 8.69. The Morgan fingerprint density at radius 2 is 1.92 bits per heavy atom. The molecule has 0 spiro atoms. The largest absolute Gasteiger partial charge is 0.478 e. The Hall–Kier alpha value is -0.830. The number of hydrogen-bond donors (Lipinski definition) is 1. The highest BCUT2D eigenvalue weighted by Gasteiger charge is 2.06. The molecule has 0 unspecified atom stereocenters. The van der Waals surface area contributed by atoms with Crippen molar-refractivity contribution in [2.45, 2.75) is 13.8 Å². The summed E-state index contributed by atoms with van der Waals surface area (Å²) in [6.45, 7) is 3.72. The summed E-state index contributed by atoms with van der Waals surface area (Å²) >= 11 is 0. The Balaban J connectivity index is 0.00000121. The predicted octanol–water partition coefficient (Wildman–Crippen LogP) is 2.58. The molecule has 0 heterocycles. The molecule has 0 aromatic heterocycles. The van der Waals surface area contributed by atoms with Gasteiger partial charge in [0.05, 0.1) is 5.56 Å². The van der Waals surface area contributed by atoms with Gasteiger partial charge in [-0.3, -0.25) is 0 Å². The van der Waals surface area contributed by atoms with Crippen molar-refractivity contribution in [1.29, 1.82) is 0 Å². The second-order valence-electron chi connectivity index (χ2n) is 2.55. The van der Waals surface area contributed by atoms with Gasteiger partial charge in [0, 0.05) is 0 Å². The van der Waals surface area contributed by atoms with E-state index in [0.717, 1.165) is 11.1 Å². The minimum Gasteiger partial charge on any atom is -0.478 e. The SMILES string of the molecule is Br.Cc1cccc(C(=O)O)c1C. The molecule has 0 aliphatic heterocycles. The van der Waals surface area contributed by atoms with Crippen LogP contribution in [-0.2, 0) is 0 Å². The Morgan fingerprint density at radius 1 is 1.33 bits per heavy atom. The molecule has 1 rings (SSSR count). The Bertz CT molecular complexity index is 295. The van der Waals surface area contributed by atoms with Gasteiger partial charge in [0.25, 0.3) is 0 Å². The normalized spacial score (nSPS) is 8.83. The first kappa shape index (κ1) is 11.2. The van der Waals surface area contributed by atoms with E-state index in [0.29, 0.717) is 5.56 Å². The molecule has 1 N–H and O–H groups in total. The van der Waals surface area contributed by atoms with Crippen molar-refractivity contribution in [3.05, 3.63) is 34.9 Å². The van der Waals surface area contributed by atoms with Crippen LogP contribution in [-0.4, -0.2) is 11.1 Å². The molecule has 0 atom stereocenters. The smallest absolute Gasteiger partial charge is 0.335 e. The first-order valence-electron chi connectivity index (χ1n) is 3.42. The third kappa shape index (κ3) is 2.08. The molecule has 66 valence electrons. The lowest BCUT2D eigenvalue weighted by Crippen LogP contribution is -2.00. The molecule has 0 fully saturated rings. The lowest BCUT2D eigenvalue weighted by molar-refractivity contribution is 0.0696. The fraction of sp³-hybridized carbons (Fsp3) is 0.222. The van der Waals surface area contributed by atoms with Crippen LogP contribution in [0.25, 0.3) is 0 Å². The number of carboxylic acids is 1. The van der Waals surface area contributed by atoms with Gasteiger partial charge in [0.1, 0.15) is 0 Å². The zero-order chi connectivity index (χ0) is 8.43. The number of carboxylic acid groups (broad SMARTS) is 1. The quantitative estimate of drug-likeness (QED) is 0.806. The van der Waals surface area contributed by atoms with Crippen LogP contribution in [0.4, 0.5) is 0 Å². The van der Waals surface area contributed by atoms with Crippen molar-refractivity contribution >= 4 is 23.0 Å². The molecule has 0 saturated carbocycles. The molecule has 0 aliphatic carbocycles. The maximum atomic E-state index is 10.6. The summed E-state index contributed by atoms with van der Waals surface area (Å²) in [4.78, 5) is 10.6. The van der Waals surface area contributed by atoms with Gasteiger partial charge in [0.2, 0.25) is 0 Å². The van der Waals surface area contributed by atoms with E-state index in [4.69, 9.17) is 5.11 Å². The molecule has 0 bridgehead atoms. The average molecular weight is 231 g/mol. The molecule has 0 saturated heterocycles. The molecule has 0 radical (unpaired) electrons. The van der Waals surface area contributed by atoms with Crippen molar-refractivity contribution < 1.29 is 9.90 Å². The third-order valence-electron chi connectivity index (χ3n) is 1.84. The second kappa shape index (κ2) is 4.26. The van der Waals surface area contributed by atoms with Gasteiger partial charge in [-0.15, -0.1) is 17.0 Å². The van der Waals surface area contributed by atoms with Gasteiger partial charge in [-0.05, 0) is 31.0 Å². The summed E-state index contributed by atoms with van der Waals surface area (Å²) in [5.74, 6) is -0.855. The third-order valence-corrected chi connectivity index (χ3v) is 1.84. The molecule has 0 aliphatic rings. The van der Waals surface area contributed by atoms with Crippen LogP contribution in [0.3, 0.4) is 0 Å². The van der Waals surface area contributed by atoms with Crippen molar-refractivity contribution in [3.63, 3.8) is 0 Å². The van der Waals surface area contributed by atoms with Crippen LogP contribution in [0.1, 0.15) is 21.5 Å². The molecule has 2 nitrogen and oxygen atoms in total. The number of halogens is 1. The Morgan fingerprint density at radius 3 is 2.33 bits per heavy atom. The van der Waals surface area contributed by atoms with E-state index >= 15 is 0 Å². The van der Waals surface area contributed by atoms with Crippen LogP contribution in [0.5, 0.6) is 0 Å². The zero-order valence-electron chi connectivity index (χ0n) is 7.00. The highest BCUT2D eigenvalue weighted by atomic mass is 79.9. The number of benzene rings is 1. The second-order valence-corrected chi connectivity index (χ2v) is 2.55. The van der Waals surface area contributed by atoms with Crippen LogP contribution in [0.2, 0.25) is 0 Å². The fourth-order valence-electron chi connectivity index (χ4n) is 0.983. The predicted molar refractivity (Wildman–Crippen MR) is 53.2 cm³/mol. The summed E-state index contributed by atoms with van der Waals surface area (Å²) in [6.07, 6.45) is 0. The number of aromatic carboxylic acids is 1. The van der Waals surface area contributed by atoms with Gasteiger partial charge in [-0.2, -0.15) is 0 Å². The van der Waals surface area contributed by atoms with Crippen LogP contribution in [0.15, 0.2) is 18.2 Å². The van der Waals surface area contributed by atoms with Gasteiger partial charge in [-0.1, -0.05) is 12.1 Å². The highest BCUT2D eigenvalue weighted by molar-refractivity contribution is 8.93. The summed E-state index contributed by atoms with van der Waals surface area (Å²) in [7, 11) is 0. The van der Waals surface area contributed by atoms with Crippen molar-refractivity contribution in [3.8, 4) is 0 Å². The zero-order valence-corrected chi connectivity index (χ0v) is 8.71. The van der Waals surface area contributed by atoms with E-state index in [-0.39, 0.29) is 17.0 Å². The van der Waals surface area contributed by atoms with Gasteiger partial charge >= 0.3 is 5.97 Å². The number of hydrogen-bond acceptors (Lipinski definition) is 1. The fourth-order valence-corrected chi connectivity index (χ4v) is 0.983. The molecule has 12 heavy (non-hydrogen) atoms. The number of aryl methyl sites for hydroxylation is 1. The van der Waals surface area contributed by atoms with E-state index < -0.39 is 5.97 Å². The number of carbonyl (C=O) groups is 1. The minimum absolute atomic E-state index is 0. The topological polar surface area (TPSA) is 37.3 Å². The maximum Gasteiger partial charge on any atom is 0.335 e. The van der Waals surface area contributed by atoms with Crippen LogP contribution >= 0.6 is 17.0 Å². The molecular weight excluding hydrogens is 220 g/mol. The summed E-state index contributed by atoms with van der Waals surface area (Å²) in [6, 6.07) is 5.28. The summed E-state index contributed by atoms with van der Waals surface area (Å²) in [5.41, 5.74) is 2.26. The van der Waals surface area contributed by atoms with E-state index in [1.165, 1.54) is 0 Å². The van der Waals surface area contributed by atoms with E-state index in [1.807, 2.05) is 19.9 Å². The van der Waals surface area contributed by atoms with Crippen LogP contribution < -0.4 is 0 Å². The first-order chi connectivity index (χ1) is 5.13. The van der Waals surface area contributed by atoms with E-state index in [9.17, 15) is 4.79 Å². The van der Waals surface area contributed by atoms with Gasteiger partial charge < -0.3 is 5.11 Å².